The minimum Gasteiger partial charge on any atom is -0.322 e. The summed E-state index contributed by atoms with van der Waals surface area (Å²) < 4.78 is 28.1. The van der Waals surface area contributed by atoms with Crippen molar-refractivity contribution in [1.82, 2.24) is 4.31 Å². The number of amides is 1. The highest BCUT2D eigenvalue weighted by Crippen LogP contribution is 2.25. The molecule has 26 heavy (non-hydrogen) atoms. The highest BCUT2D eigenvalue weighted by molar-refractivity contribution is 9.10. The number of carbonyl (C=O) groups excluding carboxylic acids is 1. The van der Waals surface area contributed by atoms with Crippen molar-refractivity contribution >= 4 is 37.5 Å². The van der Waals surface area contributed by atoms with Gasteiger partial charge in [-0.1, -0.05) is 34.5 Å². The van der Waals surface area contributed by atoms with Crippen LogP contribution in [0, 0.1) is 6.92 Å². The van der Waals surface area contributed by atoms with Crippen LogP contribution in [0.3, 0.4) is 0 Å². The Morgan fingerprint density at radius 3 is 2.50 bits per heavy atom. The second kappa shape index (κ2) is 7.90. The number of hydrogen-bond acceptors (Lipinski definition) is 3. The number of nitrogens with one attached hydrogen (secondary N) is 1. The summed E-state index contributed by atoms with van der Waals surface area (Å²) in [5.41, 5.74) is 1.82. The Kier molecular flexibility index (Phi) is 5.79. The molecule has 7 heteroatoms. The summed E-state index contributed by atoms with van der Waals surface area (Å²) in [5.74, 6) is -0.276. The van der Waals surface area contributed by atoms with Crippen LogP contribution in [0.2, 0.25) is 0 Å². The number of hydrogen-bond donors (Lipinski definition) is 1. The molecule has 1 heterocycles. The van der Waals surface area contributed by atoms with Crippen molar-refractivity contribution in [2.75, 3.05) is 18.4 Å². The zero-order valence-corrected chi connectivity index (χ0v) is 16.9. The number of halogens is 1. The minimum absolute atomic E-state index is 0.217. The fourth-order valence-electron chi connectivity index (χ4n) is 2.97. The Morgan fingerprint density at radius 2 is 1.81 bits per heavy atom. The number of carbonyl (C=O) groups is 1. The first-order valence-corrected chi connectivity index (χ1v) is 10.8. The Bertz CT molecular complexity index is 922. The van der Waals surface area contributed by atoms with Gasteiger partial charge in [-0.25, -0.2) is 8.42 Å². The topological polar surface area (TPSA) is 66.5 Å². The van der Waals surface area contributed by atoms with Crippen LogP contribution < -0.4 is 5.32 Å². The summed E-state index contributed by atoms with van der Waals surface area (Å²) in [7, 11) is -3.53. The number of anilines is 1. The van der Waals surface area contributed by atoms with Crippen LogP contribution in [0.1, 0.15) is 35.2 Å². The molecule has 1 saturated heterocycles. The summed E-state index contributed by atoms with van der Waals surface area (Å²) in [4.78, 5) is 12.7. The highest BCUT2D eigenvalue weighted by Gasteiger charge is 2.26. The third kappa shape index (κ3) is 4.16. The van der Waals surface area contributed by atoms with E-state index in [2.05, 4.69) is 21.2 Å². The van der Waals surface area contributed by atoms with Gasteiger partial charge in [-0.05, 0) is 55.7 Å². The van der Waals surface area contributed by atoms with E-state index in [4.69, 9.17) is 0 Å². The quantitative estimate of drug-likeness (QED) is 0.781. The summed E-state index contributed by atoms with van der Waals surface area (Å²) in [6.07, 6.45) is 2.84. The lowest BCUT2D eigenvalue weighted by molar-refractivity contribution is 0.102. The molecule has 3 rings (SSSR count). The first-order chi connectivity index (χ1) is 12.4. The maximum absolute atomic E-state index is 12.9. The summed E-state index contributed by atoms with van der Waals surface area (Å²) in [6, 6.07) is 11.9. The number of rotatable bonds is 4. The van der Waals surface area contributed by atoms with Crippen molar-refractivity contribution in [2.24, 2.45) is 0 Å². The zero-order valence-electron chi connectivity index (χ0n) is 14.5. The number of aryl methyl sites for hydroxylation is 1. The molecule has 0 spiro atoms. The van der Waals surface area contributed by atoms with Crippen LogP contribution in [0.5, 0.6) is 0 Å². The molecule has 1 fully saturated rings. The fraction of sp³-hybridized carbons (Fsp3) is 0.316. The summed E-state index contributed by atoms with van der Waals surface area (Å²) in [6.45, 7) is 2.94. The third-order valence-corrected chi connectivity index (χ3v) is 6.88. The van der Waals surface area contributed by atoms with Gasteiger partial charge in [-0.3, -0.25) is 4.79 Å². The monoisotopic (exact) mass is 436 g/mol. The Morgan fingerprint density at radius 1 is 1.08 bits per heavy atom. The molecular formula is C19H21BrN2O3S. The van der Waals surface area contributed by atoms with E-state index in [0.29, 0.717) is 24.3 Å². The van der Waals surface area contributed by atoms with E-state index in [-0.39, 0.29) is 10.8 Å². The molecule has 1 amide bonds. The number of nitrogens with zero attached hydrogens (tertiary/aromatic N) is 1. The molecule has 1 aliphatic heterocycles. The van der Waals surface area contributed by atoms with Crippen LogP contribution in [0.25, 0.3) is 0 Å². The molecule has 2 aromatic rings. The molecule has 0 bridgehead atoms. The second-order valence-corrected chi connectivity index (χ2v) is 9.26. The van der Waals surface area contributed by atoms with E-state index >= 15 is 0 Å². The first kappa shape index (κ1) is 19.1. The highest BCUT2D eigenvalue weighted by atomic mass is 79.9. The van der Waals surface area contributed by atoms with Crippen LogP contribution in [0.4, 0.5) is 5.69 Å². The van der Waals surface area contributed by atoms with Gasteiger partial charge in [0.15, 0.2) is 0 Å². The summed E-state index contributed by atoms with van der Waals surface area (Å²) >= 11 is 3.35. The van der Waals surface area contributed by atoms with Crippen molar-refractivity contribution < 1.29 is 13.2 Å². The van der Waals surface area contributed by atoms with Gasteiger partial charge in [-0.15, -0.1) is 0 Å². The molecule has 138 valence electrons. The first-order valence-electron chi connectivity index (χ1n) is 8.55. The molecule has 0 saturated carbocycles. The average molecular weight is 437 g/mol. The normalized spacial score (nSPS) is 15.6. The second-order valence-electron chi connectivity index (χ2n) is 6.41. The standard InChI is InChI=1S/C19H21BrN2O3S/c1-14-8-9-17(26(24,25)22-10-3-2-4-11-22)13-18(14)21-19(23)15-6-5-7-16(20)12-15/h5-9,12-13H,2-4,10-11H2,1H3,(H,21,23). The zero-order chi connectivity index (χ0) is 18.7. The largest absolute Gasteiger partial charge is 0.322 e. The van der Waals surface area contributed by atoms with Crippen molar-refractivity contribution in [3.8, 4) is 0 Å². The Balaban J connectivity index is 1.87. The molecule has 0 unspecified atom stereocenters. The Labute approximate surface area is 162 Å². The SMILES string of the molecule is Cc1ccc(S(=O)(=O)N2CCCCC2)cc1NC(=O)c1cccc(Br)c1. The van der Waals surface area contributed by atoms with Gasteiger partial charge in [-0.2, -0.15) is 4.31 Å². The number of benzene rings is 2. The maximum atomic E-state index is 12.9. The molecule has 0 aliphatic carbocycles. The van der Waals surface area contributed by atoms with Gasteiger partial charge < -0.3 is 5.32 Å². The molecular weight excluding hydrogens is 416 g/mol. The molecule has 1 N–H and O–H groups in total. The predicted octanol–water partition coefficient (Wildman–Crippen LogP) is 4.18. The lowest BCUT2D eigenvalue weighted by Gasteiger charge is -2.26. The van der Waals surface area contributed by atoms with Gasteiger partial charge in [0, 0.05) is 28.8 Å². The minimum atomic E-state index is -3.53. The average Bonchev–Trinajstić information content (AvgIpc) is 2.64. The van der Waals surface area contributed by atoms with Crippen molar-refractivity contribution in [3.05, 3.63) is 58.1 Å². The van der Waals surface area contributed by atoms with E-state index < -0.39 is 10.0 Å². The summed E-state index contributed by atoms with van der Waals surface area (Å²) in [5, 5.41) is 2.83. The molecule has 5 nitrogen and oxygen atoms in total. The van der Waals surface area contributed by atoms with Crippen LogP contribution in [0.15, 0.2) is 51.8 Å². The van der Waals surface area contributed by atoms with E-state index in [0.717, 1.165) is 29.3 Å². The maximum Gasteiger partial charge on any atom is 0.255 e. The van der Waals surface area contributed by atoms with Crippen LogP contribution in [-0.2, 0) is 10.0 Å². The molecule has 0 aromatic heterocycles. The van der Waals surface area contributed by atoms with Crippen molar-refractivity contribution in [3.63, 3.8) is 0 Å². The lowest BCUT2D eigenvalue weighted by Crippen LogP contribution is -2.35. The van der Waals surface area contributed by atoms with Crippen LogP contribution >= 0.6 is 15.9 Å². The number of sulfonamides is 1. The van der Waals surface area contributed by atoms with E-state index in [1.54, 1.807) is 36.4 Å². The third-order valence-electron chi connectivity index (χ3n) is 4.50. The van der Waals surface area contributed by atoms with Gasteiger partial charge in [0.2, 0.25) is 10.0 Å². The number of piperidine rings is 1. The smallest absolute Gasteiger partial charge is 0.255 e. The van der Waals surface area contributed by atoms with Gasteiger partial charge in [0.05, 0.1) is 4.90 Å². The van der Waals surface area contributed by atoms with Gasteiger partial charge in [0.1, 0.15) is 0 Å². The fourth-order valence-corrected chi connectivity index (χ4v) is 4.92. The predicted molar refractivity (Wildman–Crippen MR) is 106 cm³/mol. The lowest BCUT2D eigenvalue weighted by atomic mass is 10.1. The molecule has 0 radical (unpaired) electrons. The van der Waals surface area contributed by atoms with Crippen molar-refractivity contribution in [2.45, 2.75) is 31.1 Å². The van der Waals surface area contributed by atoms with Crippen molar-refractivity contribution in [1.29, 1.82) is 0 Å². The van der Waals surface area contributed by atoms with Gasteiger partial charge >= 0.3 is 0 Å². The molecule has 1 aliphatic rings. The molecule has 0 atom stereocenters. The molecule has 2 aromatic carbocycles. The van der Waals surface area contributed by atoms with Gasteiger partial charge in [0.25, 0.3) is 5.91 Å². The van der Waals surface area contributed by atoms with Crippen LogP contribution in [-0.4, -0.2) is 31.7 Å². The van der Waals surface area contributed by atoms with E-state index in [1.165, 1.54) is 4.31 Å². The Hall–Kier alpha value is -1.70. The van der Waals surface area contributed by atoms with E-state index in [9.17, 15) is 13.2 Å². The van der Waals surface area contributed by atoms with E-state index in [1.807, 2.05) is 13.0 Å².